The van der Waals surface area contributed by atoms with Crippen LogP contribution in [0.25, 0.3) is 0 Å². The largest absolute Gasteiger partial charge is 0.300 e. The van der Waals surface area contributed by atoms with E-state index in [0.29, 0.717) is 22.3 Å². The molecule has 0 spiro atoms. The van der Waals surface area contributed by atoms with E-state index in [9.17, 15) is 9.59 Å². The number of Topliss-reactive ketones (excluding diaryl/α,β-unsaturated/α-hetero) is 1. The summed E-state index contributed by atoms with van der Waals surface area (Å²) in [5, 5.41) is 0. The third-order valence-electron chi connectivity index (χ3n) is 2.40. The fourth-order valence-electron chi connectivity index (χ4n) is 1.67. The lowest BCUT2D eigenvalue weighted by molar-refractivity contribution is -0.114. The van der Waals surface area contributed by atoms with Crippen LogP contribution in [0.15, 0.2) is 32.1 Å². The number of hydrogen-bond donors (Lipinski definition) is 0. The number of amides is 1. The van der Waals surface area contributed by atoms with E-state index in [4.69, 9.17) is 0 Å². The van der Waals surface area contributed by atoms with Gasteiger partial charge in [-0.2, -0.15) is 0 Å². The highest BCUT2D eigenvalue weighted by Gasteiger charge is 2.37. The molecule has 0 unspecified atom stereocenters. The Hall–Kier alpha value is -0.460. The van der Waals surface area contributed by atoms with Crippen molar-refractivity contribution in [1.82, 2.24) is 0 Å². The SMILES string of the molecule is C=CCN1C(=O)C(=O)c2cc(Br)c(Br)c(Br)c21. The molecule has 6 heteroatoms. The number of hydrogen-bond acceptors (Lipinski definition) is 2. The van der Waals surface area contributed by atoms with Crippen molar-refractivity contribution < 1.29 is 9.59 Å². The molecule has 0 fully saturated rings. The zero-order valence-corrected chi connectivity index (χ0v) is 13.2. The number of anilines is 1. The third kappa shape index (κ3) is 1.92. The minimum atomic E-state index is -0.523. The molecule has 1 aromatic rings. The zero-order valence-electron chi connectivity index (χ0n) is 8.47. The van der Waals surface area contributed by atoms with Gasteiger partial charge in [0.05, 0.1) is 15.7 Å². The van der Waals surface area contributed by atoms with Crippen LogP contribution in [0.1, 0.15) is 10.4 Å². The highest BCUT2D eigenvalue weighted by Crippen LogP contribution is 2.44. The van der Waals surface area contributed by atoms with E-state index in [1.165, 1.54) is 4.90 Å². The molecule has 0 aliphatic carbocycles. The fourth-order valence-corrected chi connectivity index (χ4v) is 3.30. The van der Waals surface area contributed by atoms with Gasteiger partial charge in [0.15, 0.2) is 0 Å². The summed E-state index contributed by atoms with van der Waals surface area (Å²) in [6, 6.07) is 1.65. The second-order valence-electron chi connectivity index (χ2n) is 3.42. The van der Waals surface area contributed by atoms with Gasteiger partial charge in [-0.05, 0) is 53.9 Å². The Labute approximate surface area is 123 Å². The summed E-state index contributed by atoms with van der Waals surface area (Å²) < 4.78 is 2.18. The van der Waals surface area contributed by atoms with Gasteiger partial charge in [-0.3, -0.25) is 14.5 Å². The molecular formula is C11H6Br3NO2. The molecule has 1 amide bonds. The van der Waals surface area contributed by atoms with Crippen molar-refractivity contribution in [2.24, 2.45) is 0 Å². The second kappa shape index (κ2) is 4.66. The van der Waals surface area contributed by atoms with E-state index >= 15 is 0 Å². The Kier molecular flexibility index (Phi) is 3.56. The normalized spacial score (nSPS) is 14.2. The molecule has 3 nitrogen and oxygen atoms in total. The average Bonchev–Trinajstić information content (AvgIpc) is 2.52. The predicted octanol–water partition coefficient (Wildman–Crippen LogP) is 3.69. The number of carbonyl (C=O) groups excluding carboxylic acids is 2. The van der Waals surface area contributed by atoms with E-state index in [1.54, 1.807) is 12.1 Å². The number of halogens is 3. The molecule has 1 aliphatic heterocycles. The monoisotopic (exact) mass is 421 g/mol. The molecule has 0 N–H and O–H groups in total. The van der Waals surface area contributed by atoms with Crippen LogP contribution in [0.2, 0.25) is 0 Å². The van der Waals surface area contributed by atoms with Crippen molar-refractivity contribution in [1.29, 1.82) is 0 Å². The molecule has 17 heavy (non-hydrogen) atoms. The Balaban J connectivity index is 2.72. The van der Waals surface area contributed by atoms with Gasteiger partial charge in [0.25, 0.3) is 11.7 Å². The number of ketones is 1. The van der Waals surface area contributed by atoms with Crippen LogP contribution in [0.5, 0.6) is 0 Å². The first kappa shape index (κ1) is 13.0. The van der Waals surface area contributed by atoms with Gasteiger partial charge in [0, 0.05) is 15.5 Å². The van der Waals surface area contributed by atoms with E-state index in [-0.39, 0.29) is 0 Å². The number of benzene rings is 1. The summed E-state index contributed by atoms with van der Waals surface area (Å²) in [5.41, 5.74) is 0.994. The van der Waals surface area contributed by atoms with E-state index in [2.05, 4.69) is 54.4 Å². The summed E-state index contributed by atoms with van der Waals surface area (Å²) in [4.78, 5) is 25.0. The molecule has 1 heterocycles. The van der Waals surface area contributed by atoms with E-state index < -0.39 is 11.7 Å². The molecule has 0 aromatic heterocycles. The zero-order chi connectivity index (χ0) is 12.7. The van der Waals surface area contributed by atoms with Crippen LogP contribution in [0.4, 0.5) is 5.69 Å². The van der Waals surface area contributed by atoms with Crippen molar-refractivity contribution in [2.75, 3.05) is 11.4 Å². The first-order chi connectivity index (χ1) is 7.99. The highest BCUT2D eigenvalue weighted by molar-refractivity contribution is 9.14. The van der Waals surface area contributed by atoms with E-state index in [1.807, 2.05) is 0 Å². The Morgan fingerprint density at radius 1 is 1.24 bits per heavy atom. The maximum absolute atomic E-state index is 11.8. The van der Waals surface area contributed by atoms with Gasteiger partial charge in [0.1, 0.15) is 0 Å². The van der Waals surface area contributed by atoms with Gasteiger partial charge in [0.2, 0.25) is 0 Å². The molecule has 88 valence electrons. The first-order valence-corrected chi connectivity index (χ1v) is 7.01. The Morgan fingerprint density at radius 3 is 2.47 bits per heavy atom. The lowest BCUT2D eigenvalue weighted by Gasteiger charge is -2.16. The molecular weight excluding hydrogens is 418 g/mol. The molecule has 0 saturated carbocycles. The van der Waals surface area contributed by atoms with Gasteiger partial charge >= 0.3 is 0 Å². The van der Waals surface area contributed by atoms with Crippen LogP contribution >= 0.6 is 47.8 Å². The highest BCUT2D eigenvalue weighted by atomic mass is 79.9. The number of nitrogens with zero attached hydrogens (tertiary/aromatic N) is 1. The maximum atomic E-state index is 11.8. The lowest BCUT2D eigenvalue weighted by Crippen LogP contribution is -2.29. The van der Waals surface area contributed by atoms with Crippen LogP contribution < -0.4 is 4.90 Å². The van der Waals surface area contributed by atoms with E-state index in [0.717, 1.165) is 8.95 Å². The van der Waals surface area contributed by atoms with Crippen LogP contribution in [0, 0.1) is 0 Å². The van der Waals surface area contributed by atoms with Gasteiger partial charge in [-0.1, -0.05) is 6.08 Å². The van der Waals surface area contributed by atoms with Gasteiger partial charge in [-0.25, -0.2) is 0 Å². The standard InChI is InChI=1S/C11H6Br3NO2/c1-2-3-15-9-5(10(16)11(15)17)4-6(12)7(13)8(9)14/h2,4H,1,3H2. The van der Waals surface area contributed by atoms with Crippen molar-refractivity contribution >= 4 is 65.2 Å². The average molecular weight is 424 g/mol. The quantitative estimate of drug-likeness (QED) is 0.413. The molecule has 0 bridgehead atoms. The molecule has 2 rings (SSSR count). The first-order valence-electron chi connectivity index (χ1n) is 4.63. The minimum absolute atomic E-state index is 0.310. The van der Waals surface area contributed by atoms with Gasteiger partial charge in [-0.15, -0.1) is 6.58 Å². The van der Waals surface area contributed by atoms with Crippen molar-refractivity contribution in [3.8, 4) is 0 Å². The summed E-state index contributed by atoms with van der Waals surface area (Å²) >= 11 is 10.1. The summed E-state index contributed by atoms with van der Waals surface area (Å²) in [5.74, 6) is -1.01. The maximum Gasteiger partial charge on any atom is 0.299 e. The number of rotatable bonds is 2. The minimum Gasteiger partial charge on any atom is -0.300 e. The topological polar surface area (TPSA) is 37.4 Å². The lowest BCUT2D eigenvalue weighted by atomic mass is 10.1. The van der Waals surface area contributed by atoms with Crippen LogP contribution in [0.3, 0.4) is 0 Å². The predicted molar refractivity (Wildman–Crippen MR) is 76.4 cm³/mol. The molecule has 1 aliphatic rings. The van der Waals surface area contributed by atoms with Crippen molar-refractivity contribution in [3.63, 3.8) is 0 Å². The van der Waals surface area contributed by atoms with Gasteiger partial charge < -0.3 is 0 Å². The van der Waals surface area contributed by atoms with Crippen LogP contribution in [-0.4, -0.2) is 18.2 Å². The summed E-state index contributed by atoms with van der Waals surface area (Å²) in [7, 11) is 0. The summed E-state index contributed by atoms with van der Waals surface area (Å²) in [6.45, 7) is 3.89. The fraction of sp³-hybridized carbons (Fsp3) is 0.0909. The molecule has 1 aromatic carbocycles. The second-order valence-corrected chi connectivity index (χ2v) is 5.86. The Morgan fingerprint density at radius 2 is 1.88 bits per heavy atom. The molecule has 0 atom stereocenters. The molecule has 0 radical (unpaired) electrons. The van der Waals surface area contributed by atoms with Crippen molar-refractivity contribution in [3.05, 3.63) is 37.7 Å². The Bertz CT molecular complexity index is 554. The smallest absolute Gasteiger partial charge is 0.299 e. The summed E-state index contributed by atoms with van der Waals surface area (Å²) in [6.07, 6.45) is 1.59. The third-order valence-corrected chi connectivity index (χ3v) is 5.69. The van der Waals surface area contributed by atoms with Crippen molar-refractivity contribution in [2.45, 2.75) is 0 Å². The van der Waals surface area contributed by atoms with Crippen LogP contribution in [-0.2, 0) is 4.79 Å². The molecule has 0 saturated heterocycles. The number of fused-ring (bicyclic) bond motifs is 1. The number of carbonyl (C=O) groups is 2.